The van der Waals surface area contributed by atoms with Gasteiger partial charge in [0.25, 0.3) is 0 Å². The highest BCUT2D eigenvalue weighted by molar-refractivity contribution is 7.90. The molecular weight excluding hydrogens is 905 g/mol. The lowest BCUT2D eigenvalue weighted by Crippen LogP contribution is -2.60. The molecule has 0 unspecified atom stereocenters. The van der Waals surface area contributed by atoms with Gasteiger partial charge in [0.15, 0.2) is 9.84 Å². The lowest BCUT2D eigenvalue weighted by Gasteiger charge is -2.41. The third-order valence-electron chi connectivity index (χ3n) is 11.8. The summed E-state index contributed by atoms with van der Waals surface area (Å²) in [6.45, 7) is 9.60. The van der Waals surface area contributed by atoms with Gasteiger partial charge in [0.05, 0.1) is 29.4 Å². The number of likely N-dealkylation sites (N-methyl/N-ethyl adjacent to an activating group) is 1. The van der Waals surface area contributed by atoms with Crippen LogP contribution < -0.4 is 26.2 Å². The van der Waals surface area contributed by atoms with E-state index in [1.165, 1.54) is 30.3 Å². The van der Waals surface area contributed by atoms with E-state index < -0.39 is 27.4 Å². The number of sulfone groups is 1. The predicted octanol–water partition coefficient (Wildman–Crippen LogP) is 6.25. The average Bonchev–Trinajstić information content (AvgIpc) is 3.55. The van der Waals surface area contributed by atoms with E-state index in [2.05, 4.69) is 61.8 Å². The fourth-order valence-electron chi connectivity index (χ4n) is 8.25. The number of fused-ring (bicyclic) bond motifs is 1. The van der Waals surface area contributed by atoms with Gasteiger partial charge in [0.1, 0.15) is 23.8 Å². The number of alkyl halides is 3. The molecule has 2 aromatic heterocycles. The number of pyridine rings is 1. The van der Waals surface area contributed by atoms with Gasteiger partial charge in [-0.3, -0.25) is 19.5 Å². The summed E-state index contributed by atoms with van der Waals surface area (Å²) in [6, 6.07) is 21.0. The van der Waals surface area contributed by atoms with Crippen LogP contribution in [0.4, 0.5) is 46.4 Å². The van der Waals surface area contributed by atoms with Crippen LogP contribution in [0.1, 0.15) is 48.7 Å². The number of anilines is 5. The maximum absolute atomic E-state index is 14.1. The van der Waals surface area contributed by atoms with Crippen LogP contribution in [-0.4, -0.2) is 123 Å². The van der Waals surface area contributed by atoms with E-state index in [1.807, 2.05) is 24.2 Å². The largest absolute Gasteiger partial charge is 0.421 e. The summed E-state index contributed by atoms with van der Waals surface area (Å²) in [5.74, 6) is -1.28. The van der Waals surface area contributed by atoms with Gasteiger partial charge in [-0.2, -0.15) is 18.2 Å². The predicted molar refractivity (Wildman–Crippen MR) is 252 cm³/mol. The molecule has 20 heteroatoms. The van der Waals surface area contributed by atoms with E-state index in [-0.39, 0.29) is 72.3 Å². The fourth-order valence-corrected chi connectivity index (χ4v) is 8.95. The van der Waals surface area contributed by atoms with E-state index in [9.17, 15) is 35.6 Å². The number of nitrogens with zero attached hydrogens (tertiary/aromatic N) is 6. The van der Waals surface area contributed by atoms with E-state index in [4.69, 9.17) is 9.72 Å². The van der Waals surface area contributed by atoms with Gasteiger partial charge < -0.3 is 35.8 Å². The van der Waals surface area contributed by atoms with Crippen molar-refractivity contribution in [2.45, 2.75) is 62.3 Å². The van der Waals surface area contributed by atoms with E-state index in [0.29, 0.717) is 62.3 Å². The summed E-state index contributed by atoms with van der Waals surface area (Å²) < 4.78 is 84.7. The number of aromatic nitrogens is 3. The topological polar surface area (TPSA) is 174 Å². The molecule has 15 nitrogen and oxygen atoms in total. The van der Waals surface area contributed by atoms with Crippen molar-refractivity contribution >= 4 is 50.5 Å². The van der Waals surface area contributed by atoms with Crippen LogP contribution >= 0.6 is 0 Å². The molecule has 1 saturated heterocycles. The van der Waals surface area contributed by atoms with Gasteiger partial charge in [-0.15, -0.1) is 0 Å². The smallest absolute Gasteiger partial charge is 0.370 e. The third kappa shape index (κ3) is 13.1. The van der Waals surface area contributed by atoms with Crippen LogP contribution in [0.3, 0.4) is 0 Å². The van der Waals surface area contributed by atoms with Gasteiger partial charge in [-0.05, 0) is 91.7 Å². The standard InChI is InChI=1S/C48H56F4N10O5S/c1-31-26-61(28-43(64)62-30-47(2,3)44-41(62)21-34(23-54-44)19-32-9-11-35(49)12-10-32)38(24-53-31)27-60(4)17-18-67-29-42(63)57-36-13-15-37(16-14-36)58-46-56-25-40(48(50,51)52)45(59-46)55-22-33-7-6-8-39(20-33)68(5,65)66/h6-16,20-21,23,25,31,38,53H,17-19,22,24,26-30H2,1-5H3,(H,57,63)(H2,55,56,58,59)/t31-,38-/m1/s1. The normalized spacial score (nSPS) is 17.2. The van der Waals surface area contributed by atoms with E-state index in [0.717, 1.165) is 28.8 Å². The van der Waals surface area contributed by atoms with Crippen molar-refractivity contribution in [3.05, 3.63) is 125 Å². The van der Waals surface area contributed by atoms with Crippen LogP contribution in [0.5, 0.6) is 0 Å². The zero-order valence-electron chi connectivity index (χ0n) is 38.5. The molecule has 2 atom stereocenters. The summed E-state index contributed by atoms with van der Waals surface area (Å²) in [5, 5.41) is 11.8. The van der Waals surface area contributed by atoms with Crippen molar-refractivity contribution in [1.82, 2.24) is 30.1 Å². The molecule has 7 rings (SSSR count). The first-order chi connectivity index (χ1) is 32.2. The van der Waals surface area contributed by atoms with Crippen LogP contribution in [-0.2, 0) is 48.7 Å². The fraction of sp³-hybridized carbons (Fsp3) is 0.396. The first-order valence-electron chi connectivity index (χ1n) is 22.1. The Morgan fingerprint density at radius 3 is 2.43 bits per heavy atom. The Hall–Kier alpha value is -6.06. The van der Waals surface area contributed by atoms with Gasteiger partial charge in [-0.1, -0.05) is 38.1 Å². The van der Waals surface area contributed by atoms with E-state index >= 15 is 0 Å². The quantitative estimate of drug-likeness (QED) is 0.0574. The molecule has 4 N–H and O–H groups in total. The number of nitrogens with one attached hydrogen (secondary N) is 4. The van der Waals surface area contributed by atoms with Crippen LogP contribution in [0.25, 0.3) is 0 Å². The lowest BCUT2D eigenvalue weighted by atomic mass is 9.91. The molecule has 0 radical (unpaired) electrons. The third-order valence-corrected chi connectivity index (χ3v) is 12.9. The van der Waals surface area contributed by atoms with Crippen molar-refractivity contribution in [1.29, 1.82) is 0 Å². The second kappa shape index (κ2) is 21.1. The molecule has 5 aromatic rings. The van der Waals surface area contributed by atoms with Gasteiger partial charge in [-0.25, -0.2) is 17.8 Å². The van der Waals surface area contributed by atoms with Gasteiger partial charge in [0, 0.05) is 86.8 Å². The Bertz CT molecular complexity index is 2690. The van der Waals surface area contributed by atoms with Crippen LogP contribution in [0.15, 0.2) is 96.2 Å². The second-order valence-corrected chi connectivity index (χ2v) is 20.1. The summed E-state index contributed by atoms with van der Waals surface area (Å²) in [7, 11) is -1.54. The molecule has 68 heavy (non-hydrogen) atoms. The highest BCUT2D eigenvalue weighted by atomic mass is 32.2. The molecule has 0 saturated carbocycles. The number of carbonyl (C=O) groups is 2. The minimum absolute atomic E-state index is 0.00417. The van der Waals surface area contributed by atoms with E-state index in [1.54, 1.807) is 42.5 Å². The summed E-state index contributed by atoms with van der Waals surface area (Å²) >= 11 is 0. The Morgan fingerprint density at radius 1 is 0.971 bits per heavy atom. The van der Waals surface area contributed by atoms with Crippen LogP contribution in [0, 0.1) is 5.82 Å². The van der Waals surface area contributed by atoms with Crippen molar-refractivity contribution in [2.24, 2.45) is 0 Å². The molecule has 0 aliphatic carbocycles. The maximum Gasteiger partial charge on any atom is 0.421 e. The highest BCUT2D eigenvalue weighted by Gasteiger charge is 2.41. The number of carbonyl (C=O) groups excluding carboxylic acids is 2. The molecule has 3 aromatic carbocycles. The number of halogens is 4. The lowest BCUT2D eigenvalue weighted by molar-refractivity contribution is -0.137. The molecule has 362 valence electrons. The number of hydrogen-bond donors (Lipinski definition) is 4. The number of rotatable bonds is 18. The molecule has 4 heterocycles. The molecule has 1 fully saturated rings. The SMILES string of the molecule is C[C@@H]1CN(CC(=O)N2CC(C)(C)c3ncc(Cc4ccc(F)cc4)cc32)[C@@H](CN(C)CCOCC(=O)Nc2ccc(Nc3ncc(C(F)(F)F)c(NCc4cccc(S(C)(=O)=O)c4)n3)cc2)CN1. The molecule has 0 bridgehead atoms. The molecular formula is C48H56F4N10O5S. The first kappa shape index (κ1) is 49.8. The molecule has 2 amide bonds. The zero-order valence-corrected chi connectivity index (χ0v) is 39.3. The summed E-state index contributed by atoms with van der Waals surface area (Å²) in [5.41, 5.74) is 3.53. The number of amides is 2. The maximum atomic E-state index is 14.1. The first-order valence-corrected chi connectivity index (χ1v) is 24.0. The number of ether oxygens (including phenoxy) is 1. The van der Waals surface area contributed by atoms with Crippen molar-refractivity contribution in [3.8, 4) is 0 Å². The van der Waals surface area contributed by atoms with Crippen molar-refractivity contribution < 1.29 is 40.3 Å². The average molecular weight is 961 g/mol. The van der Waals surface area contributed by atoms with Gasteiger partial charge in [0.2, 0.25) is 17.8 Å². The second-order valence-electron chi connectivity index (χ2n) is 18.1. The minimum atomic E-state index is -4.76. The van der Waals surface area contributed by atoms with Crippen LogP contribution in [0.2, 0.25) is 0 Å². The summed E-state index contributed by atoms with van der Waals surface area (Å²) in [6.07, 6.45) is -0.639. The van der Waals surface area contributed by atoms with Crippen molar-refractivity contribution in [3.63, 3.8) is 0 Å². The summed E-state index contributed by atoms with van der Waals surface area (Å²) in [4.78, 5) is 45.8. The number of benzene rings is 3. The number of piperazine rings is 1. The Kier molecular flexibility index (Phi) is 15.4. The Morgan fingerprint density at radius 2 is 1.71 bits per heavy atom. The van der Waals surface area contributed by atoms with Crippen molar-refractivity contribution in [2.75, 3.05) is 86.6 Å². The molecule has 2 aliphatic heterocycles. The monoisotopic (exact) mass is 960 g/mol. The van der Waals surface area contributed by atoms with Gasteiger partial charge >= 0.3 is 6.18 Å². The number of hydrogen-bond acceptors (Lipinski definition) is 13. The Labute approximate surface area is 393 Å². The molecule has 2 aliphatic rings. The Balaban J connectivity index is 0.866. The molecule has 0 spiro atoms. The zero-order chi connectivity index (χ0) is 48.8. The minimum Gasteiger partial charge on any atom is -0.370 e. The highest BCUT2D eigenvalue weighted by Crippen LogP contribution is 2.40.